The van der Waals surface area contributed by atoms with Crippen molar-refractivity contribution in [2.24, 2.45) is 0 Å². The highest BCUT2D eigenvalue weighted by Gasteiger charge is 2.33. The van der Waals surface area contributed by atoms with Crippen LogP contribution in [0.2, 0.25) is 0 Å². The molecule has 0 saturated carbocycles. The summed E-state index contributed by atoms with van der Waals surface area (Å²) in [6.07, 6.45) is 1.43. The molecule has 1 N–H and O–H groups in total. The molecule has 1 aromatic heterocycles. The Hall–Kier alpha value is -1.82. The molecule has 0 aliphatic rings. The molecule has 1 heterocycles. The highest BCUT2D eigenvalue weighted by Crippen LogP contribution is 2.27. The number of hydrogen-bond donors (Lipinski definition) is 1. The van der Waals surface area contributed by atoms with Gasteiger partial charge in [-0.15, -0.1) is 0 Å². The first-order valence-corrected chi connectivity index (χ1v) is 6.64. The first kappa shape index (κ1) is 14.6. The minimum absolute atomic E-state index is 0.141. The van der Waals surface area contributed by atoms with Crippen molar-refractivity contribution in [3.05, 3.63) is 46.6 Å². The highest BCUT2D eigenvalue weighted by molar-refractivity contribution is 9.10. The average molecular weight is 339 g/mol. The summed E-state index contributed by atoms with van der Waals surface area (Å²) in [6, 6.07) is 6.05. The van der Waals surface area contributed by atoms with Gasteiger partial charge in [-0.1, -0.05) is 15.9 Å². The molecule has 0 amide bonds. The number of nitrogens with zero attached hydrogens (tertiary/aromatic N) is 2. The standard InChI is InChI=1S/C14H12BrFN2O2/c1-14(2,13(19)20)12-17-6-5-11(18-12)9-7-8(15)3-4-10(9)16/h3-7H,1-2H3,(H,19,20). The summed E-state index contributed by atoms with van der Waals surface area (Å²) in [7, 11) is 0. The number of carboxylic acid groups (broad SMARTS) is 1. The van der Waals surface area contributed by atoms with E-state index >= 15 is 0 Å². The van der Waals surface area contributed by atoms with E-state index in [4.69, 9.17) is 0 Å². The Labute approximate surface area is 123 Å². The lowest BCUT2D eigenvalue weighted by molar-refractivity contribution is -0.142. The van der Waals surface area contributed by atoms with E-state index in [0.29, 0.717) is 15.7 Å². The molecule has 0 aliphatic heterocycles. The monoisotopic (exact) mass is 338 g/mol. The second kappa shape index (κ2) is 5.28. The van der Waals surface area contributed by atoms with Crippen LogP contribution in [0.4, 0.5) is 4.39 Å². The maximum Gasteiger partial charge on any atom is 0.316 e. The van der Waals surface area contributed by atoms with Gasteiger partial charge in [-0.2, -0.15) is 0 Å². The van der Waals surface area contributed by atoms with Crippen molar-refractivity contribution in [3.8, 4) is 11.3 Å². The summed E-state index contributed by atoms with van der Waals surface area (Å²) in [5.74, 6) is -1.32. The maximum absolute atomic E-state index is 13.8. The summed E-state index contributed by atoms with van der Waals surface area (Å²) >= 11 is 3.27. The molecule has 20 heavy (non-hydrogen) atoms. The van der Waals surface area contributed by atoms with E-state index in [-0.39, 0.29) is 5.82 Å². The Morgan fingerprint density at radius 1 is 1.35 bits per heavy atom. The van der Waals surface area contributed by atoms with Crippen LogP contribution in [0.25, 0.3) is 11.3 Å². The fourth-order valence-electron chi connectivity index (χ4n) is 1.60. The lowest BCUT2D eigenvalue weighted by atomic mass is 9.92. The third kappa shape index (κ3) is 2.70. The third-order valence-corrected chi connectivity index (χ3v) is 3.45. The van der Waals surface area contributed by atoms with Crippen molar-refractivity contribution in [3.63, 3.8) is 0 Å². The van der Waals surface area contributed by atoms with Crippen molar-refractivity contribution < 1.29 is 14.3 Å². The van der Waals surface area contributed by atoms with Crippen molar-refractivity contribution in [2.45, 2.75) is 19.3 Å². The molecule has 0 fully saturated rings. The molecule has 2 rings (SSSR count). The first-order valence-electron chi connectivity index (χ1n) is 5.84. The van der Waals surface area contributed by atoms with Crippen LogP contribution >= 0.6 is 15.9 Å². The maximum atomic E-state index is 13.8. The molecule has 6 heteroatoms. The van der Waals surface area contributed by atoms with E-state index in [0.717, 1.165) is 0 Å². The van der Waals surface area contributed by atoms with E-state index in [1.165, 1.54) is 26.1 Å². The largest absolute Gasteiger partial charge is 0.481 e. The Morgan fingerprint density at radius 2 is 2.05 bits per heavy atom. The molecule has 0 radical (unpaired) electrons. The van der Waals surface area contributed by atoms with Crippen molar-refractivity contribution in [2.75, 3.05) is 0 Å². The number of halogens is 2. The zero-order valence-corrected chi connectivity index (χ0v) is 12.5. The molecule has 4 nitrogen and oxygen atoms in total. The van der Waals surface area contributed by atoms with Crippen molar-refractivity contribution in [1.82, 2.24) is 9.97 Å². The second-order valence-corrected chi connectivity index (χ2v) is 5.74. The van der Waals surface area contributed by atoms with Gasteiger partial charge in [0, 0.05) is 16.2 Å². The lowest BCUT2D eigenvalue weighted by Crippen LogP contribution is -2.31. The van der Waals surface area contributed by atoms with E-state index in [9.17, 15) is 14.3 Å². The second-order valence-electron chi connectivity index (χ2n) is 4.82. The van der Waals surface area contributed by atoms with Gasteiger partial charge in [-0.25, -0.2) is 14.4 Å². The summed E-state index contributed by atoms with van der Waals surface area (Å²) in [5.41, 5.74) is -0.592. The molecule has 1 aromatic carbocycles. The molecule has 0 atom stereocenters. The Kier molecular flexibility index (Phi) is 3.85. The molecular weight excluding hydrogens is 327 g/mol. The van der Waals surface area contributed by atoms with Gasteiger partial charge in [0.25, 0.3) is 0 Å². The number of benzene rings is 1. The lowest BCUT2D eigenvalue weighted by Gasteiger charge is -2.17. The molecule has 0 saturated heterocycles. The van der Waals surface area contributed by atoms with Crippen LogP contribution in [0, 0.1) is 5.82 Å². The summed E-state index contributed by atoms with van der Waals surface area (Å²) in [4.78, 5) is 19.4. The van der Waals surface area contributed by atoms with Gasteiger partial charge in [0.05, 0.1) is 5.69 Å². The van der Waals surface area contributed by atoms with E-state index < -0.39 is 17.2 Å². The van der Waals surface area contributed by atoms with E-state index in [1.54, 1.807) is 18.2 Å². The molecule has 0 spiro atoms. The number of carbonyl (C=O) groups is 1. The van der Waals surface area contributed by atoms with Crippen LogP contribution < -0.4 is 0 Å². The van der Waals surface area contributed by atoms with E-state index in [2.05, 4.69) is 25.9 Å². The van der Waals surface area contributed by atoms with Gasteiger partial charge < -0.3 is 5.11 Å². The number of aliphatic carboxylic acids is 1. The predicted molar refractivity (Wildman–Crippen MR) is 75.8 cm³/mol. The topological polar surface area (TPSA) is 63.1 Å². The van der Waals surface area contributed by atoms with Gasteiger partial charge in [0.2, 0.25) is 0 Å². The first-order chi connectivity index (χ1) is 9.32. The molecule has 2 aromatic rings. The van der Waals surface area contributed by atoms with Crippen LogP contribution in [0.1, 0.15) is 19.7 Å². The third-order valence-electron chi connectivity index (χ3n) is 2.95. The molecular formula is C14H12BrFN2O2. The van der Waals surface area contributed by atoms with Gasteiger partial charge in [0.15, 0.2) is 0 Å². The number of aromatic nitrogens is 2. The van der Waals surface area contributed by atoms with Gasteiger partial charge in [-0.05, 0) is 38.1 Å². The van der Waals surface area contributed by atoms with Crippen LogP contribution in [-0.4, -0.2) is 21.0 Å². The van der Waals surface area contributed by atoms with Crippen LogP contribution in [-0.2, 0) is 10.2 Å². The quantitative estimate of drug-likeness (QED) is 0.931. The van der Waals surface area contributed by atoms with Crippen LogP contribution in [0.5, 0.6) is 0 Å². The smallest absolute Gasteiger partial charge is 0.316 e. The summed E-state index contributed by atoms with van der Waals surface area (Å²) < 4.78 is 14.6. The summed E-state index contributed by atoms with van der Waals surface area (Å²) in [5, 5.41) is 9.19. The minimum Gasteiger partial charge on any atom is -0.481 e. The Bertz CT molecular complexity index is 674. The SMILES string of the molecule is CC(C)(C(=O)O)c1nccc(-c2cc(Br)ccc2F)n1. The predicted octanol–water partition coefficient (Wildman–Crippen LogP) is 3.41. The van der Waals surface area contributed by atoms with E-state index in [1.807, 2.05) is 0 Å². The van der Waals surface area contributed by atoms with Crippen molar-refractivity contribution >= 4 is 21.9 Å². The fraction of sp³-hybridized carbons (Fsp3) is 0.214. The minimum atomic E-state index is -1.24. The Morgan fingerprint density at radius 3 is 2.70 bits per heavy atom. The molecule has 104 valence electrons. The van der Waals surface area contributed by atoms with Gasteiger partial charge >= 0.3 is 5.97 Å². The fourth-order valence-corrected chi connectivity index (χ4v) is 1.96. The molecule has 0 unspecified atom stereocenters. The number of carboxylic acids is 1. The normalized spacial score (nSPS) is 11.4. The van der Waals surface area contributed by atoms with Crippen LogP contribution in [0.15, 0.2) is 34.9 Å². The van der Waals surface area contributed by atoms with Gasteiger partial charge in [-0.3, -0.25) is 4.79 Å². The van der Waals surface area contributed by atoms with Crippen molar-refractivity contribution in [1.29, 1.82) is 0 Å². The number of hydrogen-bond acceptors (Lipinski definition) is 3. The highest BCUT2D eigenvalue weighted by atomic mass is 79.9. The summed E-state index contributed by atoms with van der Waals surface area (Å²) in [6.45, 7) is 3.01. The Balaban J connectivity index is 2.55. The molecule has 0 aliphatic carbocycles. The van der Waals surface area contributed by atoms with Crippen LogP contribution in [0.3, 0.4) is 0 Å². The average Bonchev–Trinajstić information content (AvgIpc) is 2.41. The number of rotatable bonds is 3. The molecule has 0 bridgehead atoms. The van der Waals surface area contributed by atoms with Gasteiger partial charge in [0.1, 0.15) is 17.1 Å². The zero-order valence-electron chi connectivity index (χ0n) is 10.9. The zero-order chi connectivity index (χ0) is 14.9.